The first-order chi connectivity index (χ1) is 13.8. The zero-order chi connectivity index (χ0) is 21.1. The van der Waals surface area contributed by atoms with E-state index in [1.165, 1.54) is 0 Å². The van der Waals surface area contributed by atoms with Crippen molar-refractivity contribution < 1.29 is 14.3 Å². The van der Waals surface area contributed by atoms with Crippen LogP contribution in [-0.4, -0.2) is 29.4 Å². The van der Waals surface area contributed by atoms with Crippen LogP contribution in [0.25, 0.3) is 0 Å². The minimum absolute atomic E-state index is 0.164. The Labute approximate surface area is 184 Å². The molecule has 29 heavy (non-hydrogen) atoms. The van der Waals surface area contributed by atoms with E-state index in [1.54, 1.807) is 35.2 Å². The van der Waals surface area contributed by atoms with Crippen LogP contribution < -0.4 is 5.73 Å². The summed E-state index contributed by atoms with van der Waals surface area (Å²) in [6, 6.07) is 11.0. The molecule has 0 radical (unpaired) electrons. The number of ether oxygens (including phenoxy) is 1. The van der Waals surface area contributed by atoms with E-state index in [0.717, 1.165) is 11.1 Å². The fraction of sp³-hybridized carbons (Fsp3) is 0.333. The van der Waals surface area contributed by atoms with Crippen molar-refractivity contribution >= 4 is 46.6 Å². The number of nitrogens with zero attached hydrogens (tertiary/aromatic N) is 1. The third-order valence-corrected chi connectivity index (χ3v) is 5.96. The molecule has 154 valence electrons. The Morgan fingerprint density at radius 1 is 1.14 bits per heavy atom. The van der Waals surface area contributed by atoms with E-state index in [4.69, 9.17) is 45.3 Å². The van der Waals surface area contributed by atoms with Gasteiger partial charge in [0.2, 0.25) is 11.8 Å². The molecule has 5 nitrogen and oxygen atoms in total. The number of carbonyl (C=O) groups excluding carboxylic acids is 2. The Morgan fingerprint density at radius 3 is 2.38 bits per heavy atom. The van der Waals surface area contributed by atoms with Gasteiger partial charge in [-0.15, -0.1) is 0 Å². The molecule has 2 amide bonds. The number of hydrogen-bond acceptors (Lipinski definition) is 3. The zero-order valence-electron chi connectivity index (χ0n) is 15.8. The van der Waals surface area contributed by atoms with E-state index in [-0.39, 0.29) is 12.5 Å². The molecule has 2 aromatic rings. The summed E-state index contributed by atoms with van der Waals surface area (Å²) in [6.45, 7) is 1.77. The molecule has 3 rings (SSSR count). The second-order valence-corrected chi connectivity index (χ2v) is 8.16. The molecule has 0 bridgehead atoms. The molecule has 1 fully saturated rings. The van der Waals surface area contributed by atoms with Gasteiger partial charge in [0.05, 0.1) is 16.1 Å². The number of morpholine rings is 1. The van der Waals surface area contributed by atoms with Gasteiger partial charge < -0.3 is 15.4 Å². The van der Waals surface area contributed by atoms with Crippen LogP contribution in [0, 0.1) is 0 Å². The smallest absolute Gasteiger partial charge is 0.249 e. The number of benzene rings is 2. The average molecular weight is 456 g/mol. The van der Waals surface area contributed by atoms with E-state index in [9.17, 15) is 9.59 Å². The van der Waals surface area contributed by atoms with Crippen LogP contribution in [0.5, 0.6) is 0 Å². The van der Waals surface area contributed by atoms with Crippen molar-refractivity contribution in [1.82, 2.24) is 4.90 Å². The first kappa shape index (κ1) is 21.9. The van der Waals surface area contributed by atoms with Crippen molar-refractivity contribution in [3.63, 3.8) is 0 Å². The summed E-state index contributed by atoms with van der Waals surface area (Å²) >= 11 is 18.3. The fourth-order valence-electron chi connectivity index (χ4n) is 3.65. The Bertz CT molecular complexity index is 905. The number of primary amides is 1. The summed E-state index contributed by atoms with van der Waals surface area (Å²) in [7, 11) is 0. The van der Waals surface area contributed by atoms with E-state index in [1.807, 2.05) is 19.1 Å². The monoisotopic (exact) mass is 454 g/mol. The third kappa shape index (κ3) is 4.69. The third-order valence-electron chi connectivity index (χ3n) is 4.97. The maximum Gasteiger partial charge on any atom is 0.249 e. The molecule has 0 aliphatic carbocycles. The molecular formula is C21H21Cl3N2O3. The quantitative estimate of drug-likeness (QED) is 0.670. The van der Waals surface area contributed by atoms with Crippen LogP contribution in [0.2, 0.25) is 15.1 Å². The van der Waals surface area contributed by atoms with Gasteiger partial charge in [-0.3, -0.25) is 9.59 Å². The first-order valence-electron chi connectivity index (χ1n) is 9.26. The van der Waals surface area contributed by atoms with Gasteiger partial charge in [0.1, 0.15) is 18.8 Å². The number of hydrogen-bond donors (Lipinski definition) is 1. The molecule has 3 atom stereocenters. The van der Waals surface area contributed by atoms with Crippen LogP contribution in [0.15, 0.2) is 42.5 Å². The average Bonchev–Trinajstić information content (AvgIpc) is 2.69. The maximum atomic E-state index is 12.9. The number of carbonyl (C=O) groups is 2. The lowest BCUT2D eigenvalue weighted by Crippen LogP contribution is -2.55. The zero-order valence-corrected chi connectivity index (χ0v) is 18.0. The van der Waals surface area contributed by atoms with Gasteiger partial charge in [-0.05, 0) is 41.8 Å². The van der Waals surface area contributed by atoms with Crippen molar-refractivity contribution in [3.8, 4) is 0 Å². The summed E-state index contributed by atoms with van der Waals surface area (Å²) in [4.78, 5) is 26.7. The second kappa shape index (κ2) is 9.35. The van der Waals surface area contributed by atoms with E-state index >= 15 is 0 Å². The summed E-state index contributed by atoms with van der Waals surface area (Å²) < 4.78 is 5.93. The summed E-state index contributed by atoms with van der Waals surface area (Å²) in [5.41, 5.74) is 7.20. The molecule has 8 heteroatoms. The van der Waals surface area contributed by atoms with Gasteiger partial charge in [-0.1, -0.05) is 66.3 Å². The van der Waals surface area contributed by atoms with Gasteiger partial charge in [-0.25, -0.2) is 0 Å². The van der Waals surface area contributed by atoms with E-state index < -0.39 is 24.1 Å². The number of rotatable bonds is 6. The SMILES string of the molecule is CCC[C@H](C(N)=O)N1C(=O)CO[C@@H](c2ccc(Cl)c(Cl)c2)[C@H]1c1ccc(Cl)cc1. The van der Waals surface area contributed by atoms with Crippen LogP contribution in [-0.2, 0) is 14.3 Å². The Kier molecular flexibility index (Phi) is 7.06. The Balaban J connectivity index is 2.13. The van der Waals surface area contributed by atoms with Crippen LogP contribution in [0.1, 0.15) is 43.0 Å². The number of halogens is 3. The molecule has 0 aromatic heterocycles. The van der Waals surface area contributed by atoms with Gasteiger partial charge >= 0.3 is 0 Å². The molecule has 1 aliphatic heterocycles. The van der Waals surface area contributed by atoms with Crippen LogP contribution in [0.3, 0.4) is 0 Å². The highest BCUT2D eigenvalue weighted by atomic mass is 35.5. The van der Waals surface area contributed by atoms with Gasteiger partial charge in [0.25, 0.3) is 0 Å². The highest BCUT2D eigenvalue weighted by molar-refractivity contribution is 6.42. The molecule has 1 heterocycles. The van der Waals surface area contributed by atoms with Crippen molar-refractivity contribution in [2.24, 2.45) is 5.73 Å². The predicted octanol–water partition coefficient (Wildman–Crippen LogP) is 4.94. The molecular weight excluding hydrogens is 435 g/mol. The largest absolute Gasteiger partial charge is 0.368 e. The predicted molar refractivity (Wildman–Crippen MR) is 114 cm³/mol. The molecule has 1 saturated heterocycles. The minimum atomic E-state index is -0.748. The lowest BCUT2D eigenvalue weighted by atomic mass is 9.90. The van der Waals surface area contributed by atoms with Crippen molar-refractivity contribution in [1.29, 1.82) is 0 Å². The number of amides is 2. The minimum Gasteiger partial charge on any atom is -0.368 e. The van der Waals surface area contributed by atoms with Gasteiger partial charge in [-0.2, -0.15) is 0 Å². The molecule has 1 aliphatic rings. The lowest BCUT2D eigenvalue weighted by Gasteiger charge is -2.44. The summed E-state index contributed by atoms with van der Waals surface area (Å²) in [5.74, 6) is -0.840. The normalized spacial score (nSPS) is 20.6. The van der Waals surface area contributed by atoms with Crippen LogP contribution in [0.4, 0.5) is 0 Å². The van der Waals surface area contributed by atoms with Crippen molar-refractivity contribution in [2.45, 2.75) is 38.0 Å². The molecule has 2 aromatic carbocycles. The Hall–Kier alpha value is -1.79. The second-order valence-electron chi connectivity index (χ2n) is 6.91. The molecule has 0 saturated carbocycles. The highest BCUT2D eigenvalue weighted by Gasteiger charge is 2.43. The fourth-order valence-corrected chi connectivity index (χ4v) is 4.08. The van der Waals surface area contributed by atoms with Crippen molar-refractivity contribution in [2.75, 3.05) is 6.61 Å². The molecule has 2 N–H and O–H groups in total. The number of nitrogens with two attached hydrogens (primary N) is 1. The highest BCUT2D eigenvalue weighted by Crippen LogP contribution is 2.43. The van der Waals surface area contributed by atoms with E-state index in [0.29, 0.717) is 27.9 Å². The Morgan fingerprint density at radius 2 is 1.79 bits per heavy atom. The first-order valence-corrected chi connectivity index (χ1v) is 10.4. The maximum absolute atomic E-state index is 12.9. The summed E-state index contributed by atoms with van der Waals surface area (Å²) in [5, 5.41) is 1.36. The van der Waals surface area contributed by atoms with E-state index in [2.05, 4.69) is 0 Å². The van der Waals surface area contributed by atoms with Gasteiger partial charge in [0, 0.05) is 5.02 Å². The topological polar surface area (TPSA) is 72.6 Å². The lowest BCUT2D eigenvalue weighted by molar-refractivity contribution is -0.166. The molecule has 0 spiro atoms. The van der Waals surface area contributed by atoms with Crippen LogP contribution >= 0.6 is 34.8 Å². The van der Waals surface area contributed by atoms with Crippen molar-refractivity contribution in [3.05, 3.63) is 68.7 Å². The van der Waals surface area contributed by atoms with Gasteiger partial charge in [0.15, 0.2) is 0 Å². The standard InChI is InChI=1S/C21H21Cl3N2O3/c1-2-3-17(21(25)28)26-18(27)11-29-20(13-6-9-15(23)16(24)10-13)19(26)12-4-7-14(22)8-5-12/h4-10,17,19-20H,2-3,11H2,1H3,(H2,25,28)/t17-,19-,20+/m1/s1. The molecule has 0 unspecified atom stereocenters. The summed E-state index contributed by atoms with van der Waals surface area (Å²) in [6.07, 6.45) is 0.602.